The van der Waals surface area contributed by atoms with E-state index in [0.717, 1.165) is 12.1 Å². The number of urea groups is 1. The summed E-state index contributed by atoms with van der Waals surface area (Å²) in [6.45, 7) is 12.9. The molecule has 0 bridgehead atoms. The van der Waals surface area contributed by atoms with Crippen LogP contribution in [0.1, 0.15) is 54.9 Å². The number of fused-ring (bicyclic) bond motifs is 1. The van der Waals surface area contributed by atoms with E-state index in [1.165, 1.54) is 25.1 Å². The third kappa shape index (κ3) is 7.85. The van der Waals surface area contributed by atoms with Gasteiger partial charge in [-0.15, -0.1) is 0 Å². The highest BCUT2D eigenvalue weighted by atomic mass is 19.2. The lowest BCUT2D eigenvalue weighted by atomic mass is 9.85. The Hall–Kier alpha value is -3.64. The fourth-order valence-electron chi connectivity index (χ4n) is 5.50. The minimum absolute atomic E-state index is 0.0494. The van der Waals surface area contributed by atoms with Gasteiger partial charge in [0.05, 0.1) is 18.7 Å². The van der Waals surface area contributed by atoms with Crippen LogP contribution in [0, 0.1) is 23.0 Å². The molecule has 43 heavy (non-hydrogen) atoms. The van der Waals surface area contributed by atoms with Crippen LogP contribution in [0.25, 0.3) is 0 Å². The van der Waals surface area contributed by atoms with Crippen LogP contribution in [-0.4, -0.2) is 102 Å². The molecule has 240 valence electrons. The molecule has 1 aromatic carbocycles. The average Bonchev–Trinajstić information content (AvgIpc) is 3.50. The molecule has 3 rings (SSSR count). The van der Waals surface area contributed by atoms with E-state index in [0.29, 0.717) is 13.0 Å². The maximum atomic E-state index is 14.2. The standard InChI is InChI=1S/C30H45F2N5O6/c1-17(35(9)28(41)43-30(5,6)7)25(38)34-24(29(2,3)4)26(39)36-13-12-22-23(36)18(15-37(22)27(40)33-8)16-42-19-10-11-20(31)21(32)14-19/h10-11,14,17-18,22-24H,12-13,15-16H2,1-9H3,(H,33,40)(H,34,38)/t17-,18+,22+,23+,24+/m0/s1. The molecule has 0 radical (unpaired) electrons. The highest BCUT2D eigenvalue weighted by Gasteiger charge is 2.53. The topological polar surface area (TPSA) is 121 Å². The van der Waals surface area contributed by atoms with Crippen molar-refractivity contribution in [1.82, 2.24) is 25.3 Å². The molecule has 2 heterocycles. The van der Waals surface area contributed by atoms with E-state index < -0.39 is 52.8 Å². The maximum Gasteiger partial charge on any atom is 0.410 e. The van der Waals surface area contributed by atoms with Gasteiger partial charge in [0, 0.05) is 39.2 Å². The summed E-state index contributed by atoms with van der Waals surface area (Å²) >= 11 is 0. The molecule has 5 atom stereocenters. The predicted octanol–water partition coefficient (Wildman–Crippen LogP) is 3.37. The highest BCUT2D eigenvalue weighted by Crippen LogP contribution is 2.37. The van der Waals surface area contributed by atoms with Crippen molar-refractivity contribution >= 4 is 23.9 Å². The maximum absolute atomic E-state index is 14.2. The van der Waals surface area contributed by atoms with Crippen molar-refractivity contribution in [2.45, 2.75) is 84.7 Å². The summed E-state index contributed by atoms with van der Waals surface area (Å²) in [4.78, 5) is 57.4. The van der Waals surface area contributed by atoms with Crippen molar-refractivity contribution in [2.75, 3.05) is 33.8 Å². The second kappa shape index (κ2) is 12.9. The Morgan fingerprint density at radius 1 is 1.07 bits per heavy atom. The van der Waals surface area contributed by atoms with Gasteiger partial charge in [-0.25, -0.2) is 18.4 Å². The van der Waals surface area contributed by atoms with Gasteiger partial charge in [-0.2, -0.15) is 0 Å². The summed E-state index contributed by atoms with van der Waals surface area (Å²) in [7, 11) is 2.99. The fourth-order valence-corrected chi connectivity index (χ4v) is 5.50. The van der Waals surface area contributed by atoms with E-state index >= 15 is 0 Å². The normalized spacial score (nSPS) is 21.5. The molecule has 0 saturated carbocycles. The molecule has 0 unspecified atom stereocenters. The number of carbonyl (C=O) groups is 4. The number of rotatable bonds is 7. The number of nitrogens with one attached hydrogen (secondary N) is 2. The van der Waals surface area contributed by atoms with E-state index in [2.05, 4.69) is 10.6 Å². The first-order valence-corrected chi connectivity index (χ1v) is 14.5. The van der Waals surface area contributed by atoms with Crippen LogP contribution in [0.2, 0.25) is 0 Å². The number of hydrogen-bond acceptors (Lipinski definition) is 6. The van der Waals surface area contributed by atoms with E-state index in [-0.39, 0.29) is 42.8 Å². The SMILES string of the molecule is CNC(=O)N1C[C@H](COc2ccc(F)c(F)c2)[C@@H]2[C@H]1CCN2C(=O)[C@@H](NC(=O)[C@H](C)N(C)C(=O)OC(C)(C)C)C(C)(C)C. The number of amides is 5. The molecule has 0 aromatic heterocycles. The van der Waals surface area contributed by atoms with Crippen LogP contribution in [0.5, 0.6) is 5.75 Å². The third-order valence-electron chi connectivity index (χ3n) is 7.89. The molecule has 2 saturated heterocycles. The zero-order valence-electron chi connectivity index (χ0n) is 26.5. The fraction of sp³-hybridized carbons (Fsp3) is 0.667. The molecular formula is C30H45F2N5O6. The number of likely N-dealkylation sites (tertiary alicyclic amines) is 2. The number of nitrogens with zero attached hydrogens (tertiary/aromatic N) is 3. The van der Waals surface area contributed by atoms with Crippen molar-refractivity contribution in [3.8, 4) is 5.75 Å². The number of carbonyl (C=O) groups excluding carboxylic acids is 4. The molecule has 0 spiro atoms. The number of likely N-dealkylation sites (N-methyl/N-ethyl adjacent to an activating group) is 1. The number of hydrogen-bond donors (Lipinski definition) is 2. The second-order valence-electron chi connectivity index (χ2n) is 13.3. The quantitative estimate of drug-likeness (QED) is 0.489. The zero-order chi connectivity index (χ0) is 32.4. The Balaban J connectivity index is 1.82. The van der Waals surface area contributed by atoms with Crippen LogP contribution < -0.4 is 15.4 Å². The molecule has 11 nitrogen and oxygen atoms in total. The Bertz CT molecular complexity index is 1220. The minimum Gasteiger partial charge on any atom is -0.493 e. The van der Waals surface area contributed by atoms with Crippen molar-refractivity contribution in [3.05, 3.63) is 29.8 Å². The smallest absolute Gasteiger partial charge is 0.410 e. The van der Waals surface area contributed by atoms with Crippen LogP contribution in [-0.2, 0) is 14.3 Å². The first kappa shape index (κ1) is 33.9. The molecule has 5 amide bonds. The molecule has 13 heteroatoms. The Kier molecular flexibility index (Phi) is 10.2. The lowest BCUT2D eigenvalue weighted by Gasteiger charge is -2.38. The third-order valence-corrected chi connectivity index (χ3v) is 7.89. The summed E-state index contributed by atoms with van der Waals surface area (Å²) in [6, 6.07) is 0.355. The van der Waals surface area contributed by atoms with E-state index in [1.807, 2.05) is 20.8 Å². The van der Waals surface area contributed by atoms with Gasteiger partial charge in [-0.3, -0.25) is 14.5 Å². The molecule has 2 aliphatic rings. The molecule has 2 N–H and O–H groups in total. The van der Waals surface area contributed by atoms with E-state index in [4.69, 9.17) is 9.47 Å². The van der Waals surface area contributed by atoms with Gasteiger partial charge in [-0.1, -0.05) is 20.8 Å². The Morgan fingerprint density at radius 2 is 1.72 bits per heavy atom. The van der Waals surface area contributed by atoms with Gasteiger partial charge in [-0.05, 0) is 51.7 Å². The summed E-state index contributed by atoms with van der Waals surface area (Å²) < 4.78 is 38.4. The van der Waals surface area contributed by atoms with Gasteiger partial charge in [0.15, 0.2) is 11.6 Å². The largest absolute Gasteiger partial charge is 0.493 e. The zero-order valence-corrected chi connectivity index (χ0v) is 26.5. The first-order chi connectivity index (χ1) is 19.9. The molecule has 2 aliphatic heterocycles. The van der Waals surface area contributed by atoms with Crippen LogP contribution >= 0.6 is 0 Å². The summed E-state index contributed by atoms with van der Waals surface area (Å²) in [6.07, 6.45) is -0.144. The lowest BCUT2D eigenvalue weighted by Crippen LogP contribution is -2.60. The van der Waals surface area contributed by atoms with E-state index in [1.54, 1.807) is 37.5 Å². The Labute approximate surface area is 252 Å². The summed E-state index contributed by atoms with van der Waals surface area (Å²) in [5, 5.41) is 5.50. The summed E-state index contributed by atoms with van der Waals surface area (Å²) in [5.41, 5.74) is -1.45. The molecule has 0 aliphatic carbocycles. The number of ether oxygens (including phenoxy) is 2. The Morgan fingerprint density at radius 3 is 2.28 bits per heavy atom. The predicted molar refractivity (Wildman–Crippen MR) is 155 cm³/mol. The van der Waals surface area contributed by atoms with Crippen molar-refractivity contribution in [3.63, 3.8) is 0 Å². The van der Waals surface area contributed by atoms with Gasteiger partial charge in [0.1, 0.15) is 23.4 Å². The van der Waals surface area contributed by atoms with Crippen molar-refractivity contribution in [2.24, 2.45) is 11.3 Å². The monoisotopic (exact) mass is 609 g/mol. The van der Waals surface area contributed by atoms with Crippen LogP contribution in [0.4, 0.5) is 18.4 Å². The molecule has 1 aromatic rings. The minimum atomic E-state index is -1.04. The van der Waals surface area contributed by atoms with Gasteiger partial charge < -0.3 is 29.9 Å². The van der Waals surface area contributed by atoms with Gasteiger partial charge in [0.25, 0.3) is 0 Å². The van der Waals surface area contributed by atoms with Crippen LogP contribution in [0.3, 0.4) is 0 Å². The highest BCUT2D eigenvalue weighted by molar-refractivity contribution is 5.92. The first-order valence-electron chi connectivity index (χ1n) is 14.5. The van der Waals surface area contributed by atoms with E-state index in [9.17, 15) is 28.0 Å². The van der Waals surface area contributed by atoms with Crippen molar-refractivity contribution < 1.29 is 37.4 Å². The van der Waals surface area contributed by atoms with Gasteiger partial charge >= 0.3 is 12.1 Å². The molecule has 2 fully saturated rings. The summed E-state index contributed by atoms with van der Waals surface area (Å²) in [5.74, 6) is -3.08. The average molecular weight is 610 g/mol. The number of benzene rings is 1. The van der Waals surface area contributed by atoms with Crippen LogP contribution in [0.15, 0.2) is 18.2 Å². The van der Waals surface area contributed by atoms with Crippen molar-refractivity contribution in [1.29, 1.82) is 0 Å². The molecular weight excluding hydrogens is 564 g/mol. The second-order valence-corrected chi connectivity index (χ2v) is 13.3. The van der Waals surface area contributed by atoms with Gasteiger partial charge in [0.2, 0.25) is 11.8 Å². The number of halogens is 2. The lowest BCUT2D eigenvalue weighted by molar-refractivity contribution is -0.141.